The standard InChI is InChI=1S/C13H12N2OS/c1-8-4-5-9-10(7-8)15-13(16)12(14-9)11-3-2-6-17-11/h2-7,12,14H,1H3,(H,15,16). The fourth-order valence-corrected chi connectivity index (χ4v) is 2.74. The molecule has 1 aliphatic heterocycles. The highest BCUT2D eigenvalue weighted by Crippen LogP contribution is 2.34. The van der Waals surface area contributed by atoms with Crippen molar-refractivity contribution in [2.75, 3.05) is 10.6 Å². The molecule has 0 saturated heterocycles. The predicted octanol–water partition coefficient (Wildman–Crippen LogP) is 3.16. The molecule has 1 aromatic carbocycles. The maximum Gasteiger partial charge on any atom is 0.252 e. The minimum absolute atomic E-state index is 0.00514. The summed E-state index contributed by atoms with van der Waals surface area (Å²) in [6.45, 7) is 2.01. The van der Waals surface area contributed by atoms with Crippen molar-refractivity contribution in [1.82, 2.24) is 0 Å². The number of fused-ring (bicyclic) bond motifs is 1. The third-order valence-electron chi connectivity index (χ3n) is 2.82. The average Bonchev–Trinajstić information content (AvgIpc) is 2.81. The molecule has 2 aromatic rings. The Hall–Kier alpha value is -1.81. The van der Waals surface area contributed by atoms with E-state index >= 15 is 0 Å². The lowest BCUT2D eigenvalue weighted by molar-refractivity contribution is -0.117. The van der Waals surface area contributed by atoms with Gasteiger partial charge in [0.25, 0.3) is 5.91 Å². The number of carbonyl (C=O) groups is 1. The van der Waals surface area contributed by atoms with Gasteiger partial charge >= 0.3 is 0 Å². The van der Waals surface area contributed by atoms with Crippen molar-refractivity contribution in [3.8, 4) is 0 Å². The molecule has 4 heteroatoms. The van der Waals surface area contributed by atoms with Crippen LogP contribution in [0.15, 0.2) is 35.7 Å². The molecule has 0 saturated carbocycles. The Balaban J connectivity index is 1.98. The molecule has 1 amide bonds. The summed E-state index contributed by atoms with van der Waals surface area (Å²) < 4.78 is 0. The van der Waals surface area contributed by atoms with E-state index in [1.165, 1.54) is 0 Å². The van der Waals surface area contributed by atoms with Gasteiger partial charge in [-0.1, -0.05) is 12.1 Å². The van der Waals surface area contributed by atoms with E-state index in [0.717, 1.165) is 21.8 Å². The van der Waals surface area contributed by atoms with Gasteiger partial charge in [-0.3, -0.25) is 4.79 Å². The number of carbonyl (C=O) groups excluding carboxylic acids is 1. The van der Waals surface area contributed by atoms with Crippen molar-refractivity contribution in [1.29, 1.82) is 0 Å². The average molecular weight is 244 g/mol. The van der Waals surface area contributed by atoms with Gasteiger partial charge in [0.2, 0.25) is 0 Å². The predicted molar refractivity (Wildman–Crippen MR) is 70.5 cm³/mol. The van der Waals surface area contributed by atoms with Crippen molar-refractivity contribution in [3.05, 3.63) is 46.2 Å². The van der Waals surface area contributed by atoms with Gasteiger partial charge in [-0.25, -0.2) is 0 Å². The van der Waals surface area contributed by atoms with Crippen LogP contribution in [-0.4, -0.2) is 5.91 Å². The van der Waals surface area contributed by atoms with Crippen LogP contribution in [0.5, 0.6) is 0 Å². The van der Waals surface area contributed by atoms with Crippen molar-refractivity contribution in [2.24, 2.45) is 0 Å². The molecule has 17 heavy (non-hydrogen) atoms. The maximum absolute atomic E-state index is 12.0. The number of anilines is 2. The smallest absolute Gasteiger partial charge is 0.252 e. The monoisotopic (exact) mass is 244 g/mol. The molecular formula is C13H12N2OS. The van der Waals surface area contributed by atoms with Crippen molar-refractivity contribution < 1.29 is 4.79 Å². The second-order valence-corrected chi connectivity index (χ2v) is 5.11. The molecule has 3 rings (SSSR count). The van der Waals surface area contributed by atoms with Crippen molar-refractivity contribution >= 4 is 28.6 Å². The number of benzene rings is 1. The molecule has 0 spiro atoms. The van der Waals surface area contributed by atoms with Gasteiger partial charge in [0.15, 0.2) is 0 Å². The molecule has 0 bridgehead atoms. The van der Waals surface area contributed by atoms with E-state index < -0.39 is 0 Å². The largest absolute Gasteiger partial charge is 0.368 e. The topological polar surface area (TPSA) is 41.1 Å². The van der Waals surface area contributed by atoms with Gasteiger partial charge in [0.1, 0.15) is 6.04 Å². The van der Waals surface area contributed by atoms with Crippen LogP contribution in [0.3, 0.4) is 0 Å². The Morgan fingerprint density at radius 2 is 2.12 bits per heavy atom. The molecule has 2 N–H and O–H groups in total. The van der Waals surface area contributed by atoms with Gasteiger partial charge in [0, 0.05) is 4.88 Å². The van der Waals surface area contributed by atoms with E-state index in [1.54, 1.807) is 11.3 Å². The molecule has 0 aliphatic carbocycles. The van der Waals surface area contributed by atoms with Gasteiger partial charge in [0.05, 0.1) is 11.4 Å². The maximum atomic E-state index is 12.0. The van der Waals surface area contributed by atoms with Crippen LogP contribution in [0.1, 0.15) is 16.5 Å². The second kappa shape index (κ2) is 3.89. The Kier molecular flexibility index (Phi) is 2.37. The SMILES string of the molecule is Cc1ccc2c(c1)NC(=O)C(c1cccs1)N2. The lowest BCUT2D eigenvalue weighted by Gasteiger charge is -2.26. The number of hydrogen-bond donors (Lipinski definition) is 2. The van der Waals surface area contributed by atoms with Crippen LogP contribution in [0, 0.1) is 6.92 Å². The summed E-state index contributed by atoms with van der Waals surface area (Å²) in [5.41, 5.74) is 2.98. The number of hydrogen-bond acceptors (Lipinski definition) is 3. The molecule has 1 aliphatic rings. The van der Waals surface area contributed by atoms with Crippen LogP contribution in [0.4, 0.5) is 11.4 Å². The highest BCUT2D eigenvalue weighted by atomic mass is 32.1. The van der Waals surface area contributed by atoms with Crippen LogP contribution in [0.2, 0.25) is 0 Å². The van der Waals surface area contributed by atoms with Gasteiger partial charge in [-0.05, 0) is 36.1 Å². The Morgan fingerprint density at radius 1 is 1.24 bits per heavy atom. The fourth-order valence-electron chi connectivity index (χ4n) is 1.97. The zero-order valence-corrected chi connectivity index (χ0v) is 10.2. The summed E-state index contributed by atoms with van der Waals surface area (Å²) in [5.74, 6) is 0.00514. The van der Waals surface area contributed by atoms with E-state index in [-0.39, 0.29) is 11.9 Å². The number of aryl methyl sites for hydroxylation is 1. The van der Waals surface area contributed by atoms with Crippen LogP contribution >= 0.6 is 11.3 Å². The van der Waals surface area contributed by atoms with Gasteiger partial charge in [-0.15, -0.1) is 11.3 Å². The first-order chi connectivity index (χ1) is 8.24. The molecule has 1 unspecified atom stereocenters. The summed E-state index contributed by atoms with van der Waals surface area (Å²) in [6.07, 6.45) is 0. The first kappa shape index (κ1) is 10.4. The van der Waals surface area contributed by atoms with Crippen molar-refractivity contribution in [2.45, 2.75) is 13.0 Å². The molecule has 0 fully saturated rings. The molecule has 0 radical (unpaired) electrons. The summed E-state index contributed by atoms with van der Waals surface area (Å²) in [4.78, 5) is 13.0. The Bertz CT molecular complexity index is 563. The zero-order valence-electron chi connectivity index (χ0n) is 9.36. The number of nitrogens with one attached hydrogen (secondary N) is 2. The Labute approximate surface area is 103 Å². The third kappa shape index (κ3) is 1.80. The van der Waals surface area contributed by atoms with Crippen LogP contribution in [0.25, 0.3) is 0 Å². The summed E-state index contributed by atoms with van der Waals surface area (Å²) in [7, 11) is 0. The van der Waals surface area contributed by atoms with Crippen LogP contribution < -0.4 is 10.6 Å². The third-order valence-corrected chi connectivity index (χ3v) is 3.76. The van der Waals surface area contributed by atoms with E-state index in [9.17, 15) is 4.79 Å². The van der Waals surface area contributed by atoms with E-state index in [4.69, 9.17) is 0 Å². The van der Waals surface area contributed by atoms with Crippen molar-refractivity contribution in [3.63, 3.8) is 0 Å². The van der Waals surface area contributed by atoms with Gasteiger partial charge in [-0.2, -0.15) is 0 Å². The number of rotatable bonds is 1. The zero-order chi connectivity index (χ0) is 11.8. The summed E-state index contributed by atoms with van der Waals surface area (Å²) >= 11 is 1.59. The fraction of sp³-hybridized carbons (Fsp3) is 0.154. The first-order valence-electron chi connectivity index (χ1n) is 5.45. The van der Waals surface area contributed by atoms with E-state index in [1.807, 2.05) is 42.6 Å². The molecule has 1 atom stereocenters. The minimum atomic E-state index is -0.273. The highest BCUT2D eigenvalue weighted by Gasteiger charge is 2.27. The molecule has 86 valence electrons. The number of thiophene rings is 1. The lowest BCUT2D eigenvalue weighted by atomic mass is 10.1. The lowest BCUT2D eigenvalue weighted by Crippen LogP contribution is -2.31. The number of amides is 1. The van der Waals surface area contributed by atoms with Crippen LogP contribution in [-0.2, 0) is 4.79 Å². The molecule has 2 heterocycles. The second-order valence-electron chi connectivity index (χ2n) is 4.13. The van der Waals surface area contributed by atoms with E-state index in [2.05, 4.69) is 10.6 Å². The quantitative estimate of drug-likeness (QED) is 0.809. The Morgan fingerprint density at radius 3 is 2.88 bits per heavy atom. The molecule has 3 nitrogen and oxygen atoms in total. The van der Waals surface area contributed by atoms with E-state index in [0.29, 0.717) is 0 Å². The summed E-state index contributed by atoms with van der Waals surface area (Å²) in [5, 5.41) is 8.20. The minimum Gasteiger partial charge on any atom is -0.368 e. The molecular weight excluding hydrogens is 232 g/mol. The summed E-state index contributed by atoms with van der Waals surface area (Å²) in [6, 6.07) is 9.68. The normalized spacial score (nSPS) is 18.2. The highest BCUT2D eigenvalue weighted by molar-refractivity contribution is 7.10. The van der Waals surface area contributed by atoms with Gasteiger partial charge < -0.3 is 10.6 Å². The molecule has 1 aromatic heterocycles. The first-order valence-corrected chi connectivity index (χ1v) is 6.33.